The van der Waals surface area contributed by atoms with E-state index in [2.05, 4.69) is 15.8 Å². The zero-order valence-electron chi connectivity index (χ0n) is 8.86. The maximum atomic E-state index is 10.9. The second kappa shape index (κ2) is 6.60. The summed E-state index contributed by atoms with van der Waals surface area (Å²) in [5.74, 6) is 0. The van der Waals surface area contributed by atoms with E-state index in [9.17, 15) is 4.79 Å². The number of carbonyl (C=O) groups is 1. The van der Waals surface area contributed by atoms with Crippen molar-refractivity contribution in [1.82, 2.24) is 11.0 Å². The van der Waals surface area contributed by atoms with Gasteiger partial charge >= 0.3 is 6.09 Å². The van der Waals surface area contributed by atoms with Crippen LogP contribution in [0.5, 0.6) is 0 Å². The summed E-state index contributed by atoms with van der Waals surface area (Å²) in [6.45, 7) is 1.73. The topological polar surface area (TPSA) is 79.8 Å². The third-order valence-corrected chi connectivity index (χ3v) is 2.19. The molecule has 1 aliphatic rings. The normalized spacial score (nSPS) is 18.8. The molecular weight excluding hydrogens is 200 g/mol. The van der Waals surface area contributed by atoms with Crippen LogP contribution in [-0.4, -0.2) is 30.0 Å². The van der Waals surface area contributed by atoms with Gasteiger partial charge in [-0.1, -0.05) is 12.8 Å². The molecular formula is C9H18N2O4. The molecule has 15 heavy (non-hydrogen) atoms. The molecule has 0 aliphatic heterocycles. The Morgan fingerprint density at radius 3 is 2.80 bits per heavy atom. The maximum absolute atomic E-state index is 10.9. The van der Waals surface area contributed by atoms with Gasteiger partial charge in [0, 0.05) is 6.54 Å². The Morgan fingerprint density at radius 1 is 1.53 bits per heavy atom. The summed E-state index contributed by atoms with van der Waals surface area (Å²) in [5, 5.41) is 11.2. The zero-order chi connectivity index (χ0) is 11.1. The van der Waals surface area contributed by atoms with Crippen LogP contribution in [0.15, 0.2) is 0 Å². The second-order valence-electron chi connectivity index (χ2n) is 3.73. The molecule has 0 radical (unpaired) electrons. The molecule has 1 unspecified atom stereocenters. The number of aliphatic hydroxyl groups excluding tert-OH is 1. The van der Waals surface area contributed by atoms with Crippen molar-refractivity contribution in [3.8, 4) is 0 Å². The van der Waals surface area contributed by atoms with E-state index < -0.39 is 12.2 Å². The number of hydrogen-bond acceptors (Lipinski definition) is 5. The highest BCUT2D eigenvalue weighted by Crippen LogP contribution is 2.19. The van der Waals surface area contributed by atoms with Crippen LogP contribution in [0, 0.1) is 0 Å². The summed E-state index contributed by atoms with van der Waals surface area (Å²) in [5.41, 5.74) is 2.16. The van der Waals surface area contributed by atoms with Crippen LogP contribution in [0.25, 0.3) is 0 Å². The Morgan fingerprint density at radius 2 is 2.20 bits per heavy atom. The van der Waals surface area contributed by atoms with Gasteiger partial charge in [-0.3, -0.25) is 4.84 Å². The summed E-state index contributed by atoms with van der Waals surface area (Å²) >= 11 is 0. The van der Waals surface area contributed by atoms with Crippen LogP contribution >= 0.6 is 0 Å². The highest BCUT2D eigenvalue weighted by molar-refractivity contribution is 5.66. The van der Waals surface area contributed by atoms with Crippen molar-refractivity contribution in [3.05, 3.63) is 0 Å². The van der Waals surface area contributed by atoms with E-state index in [0.717, 1.165) is 25.7 Å². The van der Waals surface area contributed by atoms with Crippen molar-refractivity contribution in [3.63, 3.8) is 0 Å². The van der Waals surface area contributed by atoms with Crippen LogP contribution in [-0.2, 0) is 9.68 Å². The van der Waals surface area contributed by atoms with E-state index in [4.69, 9.17) is 9.94 Å². The van der Waals surface area contributed by atoms with Gasteiger partial charge in [0.2, 0.25) is 0 Å². The largest absolute Gasteiger partial charge is 0.428 e. The van der Waals surface area contributed by atoms with Crippen molar-refractivity contribution in [2.75, 3.05) is 6.54 Å². The van der Waals surface area contributed by atoms with Crippen molar-refractivity contribution >= 4 is 6.09 Å². The fourth-order valence-electron chi connectivity index (χ4n) is 1.40. The number of aliphatic hydroxyl groups is 1. The molecule has 1 saturated carbocycles. The fourth-order valence-corrected chi connectivity index (χ4v) is 1.40. The average molecular weight is 218 g/mol. The molecule has 0 aromatic carbocycles. The molecule has 0 aromatic heterocycles. The number of hydrogen-bond donors (Lipinski definition) is 3. The van der Waals surface area contributed by atoms with Gasteiger partial charge in [-0.25, -0.2) is 4.79 Å². The van der Waals surface area contributed by atoms with Gasteiger partial charge in [0.05, 0.1) is 12.2 Å². The van der Waals surface area contributed by atoms with Gasteiger partial charge in [0.1, 0.15) is 0 Å². The van der Waals surface area contributed by atoms with Crippen LogP contribution in [0.1, 0.15) is 32.6 Å². The molecule has 0 aromatic rings. The Kier molecular flexibility index (Phi) is 5.38. The van der Waals surface area contributed by atoms with E-state index >= 15 is 0 Å². The van der Waals surface area contributed by atoms with Crippen molar-refractivity contribution < 1.29 is 19.6 Å². The summed E-state index contributed by atoms with van der Waals surface area (Å²) < 4.78 is 0. The molecule has 88 valence electrons. The van der Waals surface area contributed by atoms with Crippen LogP contribution in [0.4, 0.5) is 4.79 Å². The predicted molar refractivity (Wildman–Crippen MR) is 52.6 cm³/mol. The molecule has 0 saturated heterocycles. The van der Waals surface area contributed by atoms with Gasteiger partial charge < -0.3 is 15.3 Å². The molecule has 1 atom stereocenters. The monoisotopic (exact) mass is 218 g/mol. The molecule has 0 bridgehead atoms. The predicted octanol–water partition coefficient (Wildman–Crippen LogP) is 0.472. The lowest BCUT2D eigenvalue weighted by Gasteiger charge is -2.11. The summed E-state index contributed by atoms with van der Waals surface area (Å²) in [7, 11) is 0. The summed E-state index contributed by atoms with van der Waals surface area (Å²) in [4.78, 5) is 20.5. The van der Waals surface area contributed by atoms with Crippen LogP contribution < -0.4 is 11.0 Å². The van der Waals surface area contributed by atoms with E-state index in [1.54, 1.807) is 6.92 Å². The minimum Gasteiger partial charge on any atom is -0.392 e. The quantitative estimate of drug-likeness (QED) is 0.585. The number of amides is 1. The number of rotatable bonds is 5. The van der Waals surface area contributed by atoms with Gasteiger partial charge in [-0.15, -0.1) is 0 Å². The third-order valence-electron chi connectivity index (χ3n) is 2.19. The molecule has 1 rings (SSSR count). The lowest BCUT2D eigenvalue weighted by molar-refractivity contribution is -0.161. The van der Waals surface area contributed by atoms with E-state index in [-0.39, 0.29) is 12.6 Å². The third kappa shape index (κ3) is 5.56. The van der Waals surface area contributed by atoms with Gasteiger partial charge in [-0.05, 0) is 25.4 Å². The van der Waals surface area contributed by atoms with Crippen LogP contribution in [0.3, 0.4) is 0 Å². The first-order valence-corrected chi connectivity index (χ1v) is 5.22. The Bertz CT molecular complexity index is 193. The summed E-state index contributed by atoms with van der Waals surface area (Å²) in [6.07, 6.45) is 3.18. The molecule has 1 aliphatic carbocycles. The van der Waals surface area contributed by atoms with E-state index in [1.807, 2.05) is 0 Å². The first kappa shape index (κ1) is 12.2. The smallest absolute Gasteiger partial charge is 0.392 e. The standard InChI is InChI=1S/C9H18N2O4/c1-7(12)6-10-9(13)15-11-14-8-4-2-3-5-8/h7-8,11-12H,2-6H2,1H3,(H,10,13). The molecule has 1 amide bonds. The van der Waals surface area contributed by atoms with Crippen molar-refractivity contribution in [1.29, 1.82) is 0 Å². The highest BCUT2D eigenvalue weighted by atomic mass is 16.9. The molecule has 0 spiro atoms. The van der Waals surface area contributed by atoms with E-state index in [1.165, 1.54) is 0 Å². The van der Waals surface area contributed by atoms with E-state index in [0.29, 0.717) is 0 Å². The molecule has 0 heterocycles. The first-order chi connectivity index (χ1) is 7.18. The molecule has 6 nitrogen and oxygen atoms in total. The first-order valence-electron chi connectivity index (χ1n) is 5.22. The summed E-state index contributed by atoms with van der Waals surface area (Å²) in [6, 6.07) is 0. The molecule has 1 fully saturated rings. The number of nitrogens with one attached hydrogen (secondary N) is 2. The lowest BCUT2D eigenvalue weighted by Crippen LogP contribution is -2.35. The number of carbonyl (C=O) groups excluding carboxylic acids is 1. The minimum absolute atomic E-state index is 0.134. The van der Waals surface area contributed by atoms with Gasteiger partial charge in [0.15, 0.2) is 0 Å². The highest BCUT2D eigenvalue weighted by Gasteiger charge is 2.16. The zero-order valence-corrected chi connectivity index (χ0v) is 8.86. The lowest BCUT2D eigenvalue weighted by atomic mass is 10.3. The SMILES string of the molecule is CC(O)CNC(=O)ONOC1CCCC1. The van der Waals surface area contributed by atoms with Gasteiger partial charge in [-0.2, -0.15) is 0 Å². The maximum Gasteiger partial charge on any atom is 0.428 e. The Labute approximate surface area is 88.8 Å². The average Bonchev–Trinajstić information content (AvgIpc) is 2.67. The second-order valence-corrected chi connectivity index (χ2v) is 3.73. The molecule has 6 heteroatoms. The van der Waals surface area contributed by atoms with Crippen molar-refractivity contribution in [2.45, 2.75) is 44.8 Å². The van der Waals surface area contributed by atoms with Crippen LogP contribution in [0.2, 0.25) is 0 Å². The van der Waals surface area contributed by atoms with Gasteiger partial charge in [0.25, 0.3) is 0 Å². The fraction of sp³-hybridized carbons (Fsp3) is 0.889. The Hall–Kier alpha value is -0.850. The molecule has 3 N–H and O–H groups in total. The van der Waals surface area contributed by atoms with Crippen molar-refractivity contribution in [2.24, 2.45) is 0 Å². The Balaban J connectivity index is 1.96. The minimum atomic E-state index is -0.658.